The van der Waals surface area contributed by atoms with Crippen molar-refractivity contribution in [3.63, 3.8) is 0 Å². The number of carbonyl (C=O) groups excluding carboxylic acids is 4. The number of pyridine rings is 2. The summed E-state index contributed by atoms with van der Waals surface area (Å²) >= 11 is 4.15. The van der Waals surface area contributed by atoms with E-state index in [0.29, 0.717) is 44.1 Å². The zero-order valence-electron chi connectivity index (χ0n) is 36.7. The number of nitrogens with zero attached hydrogens (tertiary/aromatic N) is 4. The van der Waals surface area contributed by atoms with Gasteiger partial charge in [0.05, 0.1) is 24.0 Å². The molecule has 0 atom stereocenters. The maximum absolute atomic E-state index is 13.3. The van der Waals surface area contributed by atoms with Crippen molar-refractivity contribution in [2.45, 2.75) is 76.0 Å². The molecule has 364 valence electrons. The zero-order chi connectivity index (χ0) is 50.0. The molecule has 4 heterocycles. The van der Waals surface area contributed by atoms with Gasteiger partial charge in [-0.3, -0.25) is 20.2 Å². The van der Waals surface area contributed by atoms with Crippen molar-refractivity contribution in [1.29, 1.82) is 0 Å². The maximum atomic E-state index is 13.3. The van der Waals surface area contributed by atoms with Crippen LogP contribution in [-0.2, 0) is 6.18 Å². The molecule has 0 radical (unpaired) electrons. The fourth-order valence-electron chi connectivity index (χ4n) is 7.45. The Kier molecular flexibility index (Phi) is 16.9. The van der Waals surface area contributed by atoms with Gasteiger partial charge in [0.2, 0.25) is 0 Å². The highest BCUT2D eigenvalue weighted by atomic mass is 32.2. The number of methoxy groups -OCH3 is 1. The van der Waals surface area contributed by atoms with E-state index < -0.39 is 47.4 Å². The second kappa shape index (κ2) is 23.1. The van der Waals surface area contributed by atoms with E-state index in [9.17, 15) is 52.2 Å². The third kappa shape index (κ3) is 13.2. The number of halogens is 3. The molecule has 17 nitrogen and oxygen atoms in total. The number of hydrogen-bond acceptors (Lipinski definition) is 15. The van der Waals surface area contributed by atoms with Crippen LogP contribution in [0.1, 0.15) is 98.6 Å². The van der Waals surface area contributed by atoms with Crippen molar-refractivity contribution in [2.75, 3.05) is 28.4 Å². The monoisotopic (exact) mass is 1030 g/mol. The SMILES string of the molecule is COc1ccc(NC(=O)Nc2nc(C(=O)O)c(Sc3ccccn3)s2)c(C(=O)C2CCCC2)c1.O=C(Nc1nc(C(=O)O)c(Sc2ccccn2)s1)Nc1ccc(C(F)(F)F)cc1C(=O)C1CCCC1. The molecule has 0 spiro atoms. The van der Waals surface area contributed by atoms with Gasteiger partial charge < -0.3 is 25.6 Å². The summed E-state index contributed by atoms with van der Waals surface area (Å²) in [5.74, 6) is -2.93. The normalized spacial score (nSPS) is 13.7. The van der Waals surface area contributed by atoms with Gasteiger partial charge in [-0.25, -0.2) is 39.1 Å². The summed E-state index contributed by atoms with van der Waals surface area (Å²) in [5.41, 5.74) is -0.988. The number of rotatable bonds is 15. The quantitative estimate of drug-likeness (QED) is 0.0523. The largest absolute Gasteiger partial charge is 0.497 e. The third-order valence-corrected chi connectivity index (χ3v) is 15.0. The Bertz CT molecular complexity index is 2890. The highest BCUT2D eigenvalue weighted by Crippen LogP contribution is 2.40. The fourth-order valence-corrected chi connectivity index (χ4v) is 11.5. The van der Waals surface area contributed by atoms with Crippen LogP contribution >= 0.6 is 46.2 Å². The van der Waals surface area contributed by atoms with E-state index in [1.807, 2.05) is 0 Å². The minimum atomic E-state index is -4.65. The minimum absolute atomic E-state index is 0.0249. The number of hydrogen-bond donors (Lipinski definition) is 6. The van der Waals surface area contributed by atoms with Crippen molar-refractivity contribution >= 4 is 103 Å². The van der Waals surface area contributed by atoms with Crippen LogP contribution in [0.4, 0.5) is 44.4 Å². The molecular weight excluding hydrogens is 994 g/mol. The number of carboxylic acid groups (broad SMARTS) is 2. The minimum Gasteiger partial charge on any atom is -0.497 e. The Hall–Kier alpha value is -6.89. The number of thiazole rings is 2. The van der Waals surface area contributed by atoms with Gasteiger partial charge >= 0.3 is 30.2 Å². The third-order valence-electron chi connectivity index (χ3n) is 10.8. The molecule has 2 saturated carbocycles. The summed E-state index contributed by atoms with van der Waals surface area (Å²) in [6, 6.07) is 16.4. The van der Waals surface area contributed by atoms with Gasteiger partial charge in [0, 0.05) is 35.4 Å². The van der Waals surface area contributed by atoms with Gasteiger partial charge in [0.15, 0.2) is 33.2 Å². The van der Waals surface area contributed by atoms with E-state index in [4.69, 9.17) is 4.74 Å². The predicted molar refractivity (Wildman–Crippen MR) is 257 cm³/mol. The van der Waals surface area contributed by atoms with Crippen molar-refractivity contribution in [3.8, 4) is 5.75 Å². The van der Waals surface area contributed by atoms with Gasteiger partial charge in [0.25, 0.3) is 0 Å². The van der Waals surface area contributed by atoms with Gasteiger partial charge in [-0.1, -0.05) is 84.0 Å². The molecule has 6 aromatic rings. The number of anilines is 4. The van der Waals surface area contributed by atoms with Gasteiger partial charge in [-0.2, -0.15) is 13.2 Å². The van der Waals surface area contributed by atoms with Crippen LogP contribution in [0.5, 0.6) is 5.75 Å². The van der Waals surface area contributed by atoms with E-state index in [2.05, 4.69) is 41.2 Å². The average Bonchev–Trinajstić information content (AvgIpc) is 4.19. The Morgan fingerprint density at radius 2 is 1.07 bits per heavy atom. The lowest BCUT2D eigenvalue weighted by atomic mass is 9.93. The first kappa shape index (κ1) is 51.0. The molecule has 8 rings (SSSR count). The van der Waals surface area contributed by atoms with Gasteiger partial charge in [-0.15, -0.1) is 0 Å². The maximum Gasteiger partial charge on any atom is 0.416 e. The summed E-state index contributed by atoms with van der Waals surface area (Å²) in [4.78, 5) is 90.9. The van der Waals surface area contributed by atoms with E-state index in [1.165, 1.54) is 7.11 Å². The number of amides is 4. The molecule has 4 amide bonds. The molecule has 0 saturated heterocycles. The van der Waals surface area contributed by atoms with Crippen LogP contribution in [0.25, 0.3) is 0 Å². The molecule has 70 heavy (non-hydrogen) atoms. The molecule has 0 aliphatic heterocycles. The molecule has 2 aliphatic carbocycles. The first-order chi connectivity index (χ1) is 33.6. The number of urea groups is 2. The van der Waals surface area contributed by atoms with Crippen LogP contribution in [0, 0.1) is 11.8 Å². The number of alkyl halides is 3. The number of nitrogens with one attached hydrogen (secondary N) is 4. The molecule has 6 N–H and O–H groups in total. The molecule has 2 aliphatic rings. The number of ether oxygens (including phenoxy) is 1. The smallest absolute Gasteiger partial charge is 0.416 e. The number of carboxylic acids is 2. The number of Topliss-reactive ketones (excluding diaryl/α,β-unsaturated/α-hetero) is 2. The Morgan fingerprint density at radius 3 is 1.47 bits per heavy atom. The molecule has 2 aromatic carbocycles. The Morgan fingerprint density at radius 1 is 0.629 bits per heavy atom. The topological polar surface area (TPSA) is 252 Å². The summed E-state index contributed by atoms with van der Waals surface area (Å²) in [6.07, 6.45) is 4.97. The number of aromatic nitrogens is 4. The summed E-state index contributed by atoms with van der Waals surface area (Å²) < 4.78 is 45.8. The molecule has 0 bridgehead atoms. The Balaban J connectivity index is 0.000000207. The first-order valence-corrected chi connectivity index (χ1v) is 24.6. The van der Waals surface area contributed by atoms with Crippen molar-refractivity contribution < 1.29 is 56.9 Å². The summed E-state index contributed by atoms with van der Waals surface area (Å²) in [6.45, 7) is 0. The standard InChI is InChI=1S/C23H19F3N4O4S2.C23H22N4O5S2/c24-23(25,26)13-8-9-15(14(11-13)18(31)12-5-1-2-6-12)28-21(34)30-22-29-17(19(32)33)20(36-22)35-16-7-3-4-10-27-16;1-32-14-9-10-16(15(12-14)19(28)13-6-2-3-7-13)25-22(31)27-23-26-18(20(29)30)21(34-23)33-17-8-4-5-11-24-17/h3-4,7-12H,1-2,5-6H2,(H,32,33)(H2,28,29,30,34);4-5,8-13H,2-3,6-7H2,1H3,(H,29,30)(H2,25,26,27,31). The van der Waals surface area contributed by atoms with Crippen LogP contribution in [0.2, 0.25) is 0 Å². The number of ketones is 2. The van der Waals surface area contributed by atoms with Crippen LogP contribution < -0.4 is 26.0 Å². The van der Waals surface area contributed by atoms with E-state index in [0.717, 1.165) is 103 Å². The number of aromatic carboxylic acids is 2. The lowest BCUT2D eigenvalue weighted by molar-refractivity contribution is -0.137. The highest BCUT2D eigenvalue weighted by Gasteiger charge is 2.34. The lowest BCUT2D eigenvalue weighted by Gasteiger charge is -2.16. The molecular formula is C46H41F3N8O9S4. The number of benzene rings is 2. The van der Waals surface area contributed by atoms with E-state index >= 15 is 0 Å². The van der Waals surface area contributed by atoms with Crippen LogP contribution in [-0.4, -0.2) is 72.8 Å². The van der Waals surface area contributed by atoms with E-state index in [1.54, 1.807) is 67.0 Å². The summed E-state index contributed by atoms with van der Waals surface area (Å²) in [5, 5.41) is 30.3. The van der Waals surface area contributed by atoms with Crippen LogP contribution in [0.3, 0.4) is 0 Å². The first-order valence-electron chi connectivity index (χ1n) is 21.4. The van der Waals surface area contributed by atoms with Crippen molar-refractivity contribution in [2.24, 2.45) is 11.8 Å². The second-order valence-electron chi connectivity index (χ2n) is 15.5. The fraction of sp³-hybridized carbons (Fsp3) is 0.261. The van der Waals surface area contributed by atoms with Crippen molar-refractivity contribution in [1.82, 2.24) is 19.9 Å². The molecule has 0 unspecified atom stereocenters. The van der Waals surface area contributed by atoms with Gasteiger partial charge in [-0.05, 0) is 86.3 Å². The lowest BCUT2D eigenvalue weighted by Crippen LogP contribution is -2.23. The van der Waals surface area contributed by atoms with E-state index in [-0.39, 0.29) is 48.8 Å². The molecule has 24 heteroatoms. The molecule has 2 fully saturated rings. The highest BCUT2D eigenvalue weighted by molar-refractivity contribution is 8.01. The van der Waals surface area contributed by atoms with Crippen LogP contribution in [0.15, 0.2) is 104 Å². The average molecular weight is 1040 g/mol. The zero-order valence-corrected chi connectivity index (χ0v) is 40.0. The molecule has 4 aromatic heterocycles. The summed E-state index contributed by atoms with van der Waals surface area (Å²) in [7, 11) is 1.52. The van der Waals surface area contributed by atoms with Gasteiger partial charge in [0.1, 0.15) is 24.2 Å². The van der Waals surface area contributed by atoms with Crippen molar-refractivity contribution in [3.05, 3.63) is 113 Å². The second-order valence-corrected chi connectivity index (χ2v) is 20.1. The number of carbonyl (C=O) groups is 6. The Labute approximate surface area is 413 Å². The predicted octanol–water partition coefficient (Wildman–Crippen LogP) is 11.8.